The number of ether oxygens (including phenoxy) is 1. The first kappa shape index (κ1) is 13.9. The molecular formula is C13H19BrOS. The van der Waals surface area contributed by atoms with Crippen LogP contribution in [0, 0.1) is 5.92 Å². The lowest BCUT2D eigenvalue weighted by atomic mass is 10.3. The third kappa shape index (κ3) is 4.38. The molecule has 0 radical (unpaired) electrons. The van der Waals surface area contributed by atoms with E-state index in [9.17, 15) is 0 Å². The van der Waals surface area contributed by atoms with E-state index in [4.69, 9.17) is 4.74 Å². The molecule has 1 aromatic rings. The molecule has 0 aliphatic heterocycles. The average Bonchev–Trinajstić information content (AvgIpc) is 3.14. The summed E-state index contributed by atoms with van der Waals surface area (Å²) in [4.78, 5) is 1.26. The smallest absolute Gasteiger partial charge is 0.133 e. The van der Waals surface area contributed by atoms with Crippen LogP contribution in [0.25, 0.3) is 0 Å². The molecule has 1 aliphatic carbocycles. The van der Waals surface area contributed by atoms with Crippen molar-refractivity contribution in [3.05, 3.63) is 22.7 Å². The minimum absolute atomic E-state index is 0.808. The Kier molecular flexibility index (Phi) is 6.29. The monoisotopic (exact) mass is 302 g/mol. The first-order valence-corrected chi connectivity index (χ1v) is 7.77. The average molecular weight is 303 g/mol. The maximum Gasteiger partial charge on any atom is 0.133 e. The summed E-state index contributed by atoms with van der Waals surface area (Å²) < 4.78 is 6.76. The first-order valence-electron chi connectivity index (χ1n) is 5.76. The second-order valence-corrected chi connectivity index (χ2v) is 5.28. The standard InChI is InChI=1S/C11H13BrOS.C2H6/c1-14-9-4-5-11(10(12)6-9)13-7-8-2-3-8;1-2/h4-6,8H,2-3,7H2,1H3;1-2H3. The van der Waals surface area contributed by atoms with E-state index < -0.39 is 0 Å². The molecule has 0 unspecified atom stereocenters. The predicted molar refractivity (Wildman–Crippen MR) is 75.5 cm³/mol. The minimum Gasteiger partial charge on any atom is -0.492 e. The zero-order valence-electron chi connectivity index (χ0n) is 10.1. The van der Waals surface area contributed by atoms with Crippen molar-refractivity contribution in [2.45, 2.75) is 31.6 Å². The highest BCUT2D eigenvalue weighted by Gasteiger charge is 2.22. The zero-order chi connectivity index (χ0) is 12.0. The van der Waals surface area contributed by atoms with E-state index in [1.807, 2.05) is 19.9 Å². The fraction of sp³-hybridized carbons (Fsp3) is 0.538. The first-order chi connectivity index (χ1) is 7.79. The van der Waals surface area contributed by atoms with Crippen LogP contribution >= 0.6 is 27.7 Å². The van der Waals surface area contributed by atoms with E-state index in [-0.39, 0.29) is 0 Å². The predicted octanol–water partition coefficient (Wildman–Crippen LogP) is 4.99. The molecule has 0 bridgehead atoms. The van der Waals surface area contributed by atoms with E-state index in [0.717, 1.165) is 22.7 Å². The fourth-order valence-corrected chi connectivity index (χ4v) is 2.30. The molecule has 16 heavy (non-hydrogen) atoms. The molecule has 0 aromatic heterocycles. The van der Waals surface area contributed by atoms with Crippen LogP contribution in [0.4, 0.5) is 0 Å². The lowest BCUT2D eigenvalue weighted by molar-refractivity contribution is 0.298. The van der Waals surface area contributed by atoms with E-state index in [2.05, 4.69) is 34.3 Å². The Morgan fingerprint density at radius 1 is 1.38 bits per heavy atom. The Labute approximate surface area is 111 Å². The van der Waals surface area contributed by atoms with Crippen molar-refractivity contribution in [3.63, 3.8) is 0 Å². The van der Waals surface area contributed by atoms with Crippen LogP contribution in [-0.2, 0) is 0 Å². The van der Waals surface area contributed by atoms with Gasteiger partial charge in [-0.15, -0.1) is 11.8 Å². The van der Waals surface area contributed by atoms with Gasteiger partial charge in [0, 0.05) is 4.90 Å². The highest BCUT2D eigenvalue weighted by Crippen LogP contribution is 2.33. The Balaban J connectivity index is 0.000000606. The van der Waals surface area contributed by atoms with Crippen LogP contribution in [0.15, 0.2) is 27.6 Å². The van der Waals surface area contributed by atoms with Gasteiger partial charge in [-0.2, -0.15) is 0 Å². The number of hydrogen-bond acceptors (Lipinski definition) is 2. The van der Waals surface area contributed by atoms with Crippen LogP contribution in [-0.4, -0.2) is 12.9 Å². The molecule has 0 spiro atoms. The van der Waals surface area contributed by atoms with Crippen LogP contribution in [0.5, 0.6) is 5.75 Å². The summed E-state index contributed by atoms with van der Waals surface area (Å²) in [6, 6.07) is 6.24. The Morgan fingerprint density at radius 3 is 2.56 bits per heavy atom. The van der Waals surface area contributed by atoms with Crippen LogP contribution < -0.4 is 4.74 Å². The van der Waals surface area contributed by atoms with Gasteiger partial charge in [-0.3, -0.25) is 0 Å². The van der Waals surface area contributed by atoms with Gasteiger partial charge in [0.1, 0.15) is 5.75 Å². The highest BCUT2D eigenvalue weighted by atomic mass is 79.9. The number of benzene rings is 1. The second-order valence-electron chi connectivity index (χ2n) is 3.55. The summed E-state index contributed by atoms with van der Waals surface area (Å²) in [5.41, 5.74) is 0. The van der Waals surface area contributed by atoms with Crippen molar-refractivity contribution < 1.29 is 4.74 Å². The molecule has 0 atom stereocenters. The van der Waals surface area contributed by atoms with Gasteiger partial charge in [-0.1, -0.05) is 13.8 Å². The molecule has 0 N–H and O–H groups in total. The summed E-state index contributed by atoms with van der Waals surface area (Å²) in [5, 5.41) is 0. The summed E-state index contributed by atoms with van der Waals surface area (Å²) >= 11 is 5.26. The van der Waals surface area contributed by atoms with Gasteiger partial charge in [0.05, 0.1) is 11.1 Å². The quantitative estimate of drug-likeness (QED) is 0.725. The van der Waals surface area contributed by atoms with E-state index >= 15 is 0 Å². The molecule has 1 saturated carbocycles. The van der Waals surface area contributed by atoms with Crippen LogP contribution in [0.3, 0.4) is 0 Å². The third-order valence-corrected chi connectivity index (χ3v) is 3.66. The van der Waals surface area contributed by atoms with Crippen LogP contribution in [0.1, 0.15) is 26.7 Å². The highest BCUT2D eigenvalue weighted by molar-refractivity contribution is 9.10. The molecule has 0 heterocycles. The molecule has 1 aromatic carbocycles. The van der Waals surface area contributed by atoms with Gasteiger partial charge < -0.3 is 4.74 Å². The molecule has 0 saturated heterocycles. The van der Waals surface area contributed by atoms with Gasteiger partial charge in [0.2, 0.25) is 0 Å². The van der Waals surface area contributed by atoms with Gasteiger partial charge in [0.15, 0.2) is 0 Å². The van der Waals surface area contributed by atoms with Crippen molar-refractivity contribution in [3.8, 4) is 5.75 Å². The maximum absolute atomic E-state index is 5.70. The number of rotatable bonds is 4. The molecule has 0 amide bonds. The summed E-state index contributed by atoms with van der Waals surface area (Å²) in [7, 11) is 0. The van der Waals surface area contributed by atoms with Crippen molar-refractivity contribution in [2.75, 3.05) is 12.9 Å². The molecule has 1 aliphatic rings. The van der Waals surface area contributed by atoms with E-state index in [1.54, 1.807) is 11.8 Å². The fourth-order valence-electron chi connectivity index (χ4n) is 1.22. The Hall–Kier alpha value is -0.150. The normalized spacial score (nSPS) is 14.0. The largest absolute Gasteiger partial charge is 0.492 e. The topological polar surface area (TPSA) is 9.23 Å². The maximum atomic E-state index is 5.70. The van der Waals surface area contributed by atoms with Crippen molar-refractivity contribution in [1.82, 2.24) is 0 Å². The van der Waals surface area contributed by atoms with E-state index in [1.165, 1.54) is 17.7 Å². The minimum atomic E-state index is 0.808. The lowest BCUT2D eigenvalue weighted by Gasteiger charge is -2.08. The zero-order valence-corrected chi connectivity index (χ0v) is 12.5. The van der Waals surface area contributed by atoms with Gasteiger partial charge in [0.25, 0.3) is 0 Å². The van der Waals surface area contributed by atoms with Crippen LogP contribution in [0.2, 0.25) is 0 Å². The lowest BCUT2D eigenvalue weighted by Crippen LogP contribution is -1.99. The van der Waals surface area contributed by atoms with Gasteiger partial charge in [-0.25, -0.2) is 0 Å². The van der Waals surface area contributed by atoms with Crippen molar-refractivity contribution >= 4 is 27.7 Å². The number of thioether (sulfide) groups is 1. The van der Waals surface area contributed by atoms with Crippen molar-refractivity contribution in [1.29, 1.82) is 0 Å². The Bertz CT molecular complexity index is 324. The molecule has 1 nitrogen and oxygen atoms in total. The molecule has 90 valence electrons. The van der Waals surface area contributed by atoms with Crippen molar-refractivity contribution in [2.24, 2.45) is 5.92 Å². The SMILES string of the molecule is CC.CSc1ccc(OCC2CC2)c(Br)c1. The summed E-state index contributed by atoms with van der Waals surface area (Å²) in [6.45, 7) is 4.87. The van der Waals surface area contributed by atoms with Gasteiger partial charge in [-0.05, 0) is 59.1 Å². The van der Waals surface area contributed by atoms with Gasteiger partial charge >= 0.3 is 0 Å². The molecule has 3 heteroatoms. The summed E-state index contributed by atoms with van der Waals surface area (Å²) in [6.07, 6.45) is 4.74. The molecule has 1 fully saturated rings. The third-order valence-electron chi connectivity index (χ3n) is 2.31. The number of halogens is 1. The molecular weight excluding hydrogens is 284 g/mol. The molecule has 2 rings (SSSR count). The van der Waals surface area contributed by atoms with E-state index in [0.29, 0.717) is 0 Å². The Morgan fingerprint density at radius 2 is 2.06 bits per heavy atom. The second kappa shape index (κ2) is 7.23. The number of hydrogen-bond donors (Lipinski definition) is 0. The summed E-state index contributed by atoms with van der Waals surface area (Å²) in [5.74, 6) is 1.77.